The van der Waals surface area contributed by atoms with Crippen molar-refractivity contribution in [1.82, 2.24) is 5.32 Å². The van der Waals surface area contributed by atoms with Crippen LogP contribution in [0.15, 0.2) is 18.2 Å². The molecule has 0 unspecified atom stereocenters. The van der Waals surface area contributed by atoms with Crippen molar-refractivity contribution >= 4 is 17.6 Å². The molecule has 0 radical (unpaired) electrons. The summed E-state index contributed by atoms with van der Waals surface area (Å²) in [4.78, 5) is 33.2. The second-order valence-electron chi connectivity index (χ2n) is 4.09. The van der Waals surface area contributed by atoms with E-state index in [0.717, 1.165) is 5.56 Å². The van der Waals surface area contributed by atoms with E-state index in [4.69, 9.17) is 4.74 Å². The van der Waals surface area contributed by atoms with E-state index >= 15 is 0 Å². The summed E-state index contributed by atoms with van der Waals surface area (Å²) < 4.78 is 4.71. The van der Waals surface area contributed by atoms with Crippen LogP contribution in [0.3, 0.4) is 0 Å². The molecule has 1 aromatic carbocycles. The van der Waals surface area contributed by atoms with Crippen LogP contribution in [0.25, 0.3) is 0 Å². The molecule has 1 aromatic rings. The Morgan fingerprint density at radius 2 is 2.10 bits per heavy atom. The zero-order valence-corrected chi connectivity index (χ0v) is 11.3. The van der Waals surface area contributed by atoms with E-state index in [0.29, 0.717) is 0 Å². The number of amides is 1. The Hall–Kier alpha value is -2.44. The average Bonchev–Trinajstić information content (AvgIpc) is 2.38. The number of ether oxygens (including phenoxy) is 1. The van der Waals surface area contributed by atoms with Crippen LogP contribution in [0.2, 0.25) is 0 Å². The SMILES string of the molecule is CCOC(=O)CCNC(=O)c1cc(C)ccc1[N+](=O)[O-]. The van der Waals surface area contributed by atoms with Crippen molar-refractivity contribution in [2.75, 3.05) is 13.2 Å². The normalized spacial score (nSPS) is 9.90. The molecule has 7 nitrogen and oxygen atoms in total. The standard InChI is InChI=1S/C13H16N2O5/c1-3-20-12(16)6-7-14-13(17)10-8-9(2)4-5-11(10)15(18)19/h4-5,8H,3,6-7H2,1-2H3,(H,14,17). The van der Waals surface area contributed by atoms with E-state index in [2.05, 4.69) is 5.32 Å². The molecule has 0 bridgehead atoms. The van der Waals surface area contributed by atoms with E-state index in [-0.39, 0.29) is 30.8 Å². The second kappa shape index (κ2) is 7.22. The molecule has 0 aliphatic rings. The lowest BCUT2D eigenvalue weighted by molar-refractivity contribution is -0.385. The monoisotopic (exact) mass is 280 g/mol. The van der Waals surface area contributed by atoms with Gasteiger partial charge in [0, 0.05) is 12.6 Å². The first-order valence-corrected chi connectivity index (χ1v) is 6.14. The number of nitro benzene ring substituents is 1. The van der Waals surface area contributed by atoms with Crippen molar-refractivity contribution in [2.45, 2.75) is 20.3 Å². The van der Waals surface area contributed by atoms with Crippen molar-refractivity contribution in [3.8, 4) is 0 Å². The van der Waals surface area contributed by atoms with Crippen molar-refractivity contribution in [3.63, 3.8) is 0 Å². The lowest BCUT2D eigenvalue weighted by atomic mass is 10.1. The van der Waals surface area contributed by atoms with Crippen LogP contribution in [0.4, 0.5) is 5.69 Å². The quantitative estimate of drug-likeness (QED) is 0.484. The predicted molar refractivity (Wildman–Crippen MR) is 71.4 cm³/mol. The molecule has 0 saturated carbocycles. The first kappa shape index (κ1) is 15.6. The third-order valence-corrected chi connectivity index (χ3v) is 2.51. The number of hydrogen-bond donors (Lipinski definition) is 1. The van der Waals surface area contributed by atoms with Crippen LogP contribution in [-0.2, 0) is 9.53 Å². The minimum absolute atomic E-state index is 0.0149. The van der Waals surface area contributed by atoms with Gasteiger partial charge in [-0.2, -0.15) is 0 Å². The minimum Gasteiger partial charge on any atom is -0.466 e. The topological polar surface area (TPSA) is 98.5 Å². The second-order valence-corrected chi connectivity index (χ2v) is 4.09. The van der Waals surface area contributed by atoms with Crippen molar-refractivity contribution in [1.29, 1.82) is 0 Å². The van der Waals surface area contributed by atoms with E-state index in [1.165, 1.54) is 12.1 Å². The summed E-state index contributed by atoms with van der Waals surface area (Å²) >= 11 is 0. The fourth-order valence-corrected chi connectivity index (χ4v) is 1.60. The van der Waals surface area contributed by atoms with Crippen LogP contribution < -0.4 is 5.32 Å². The van der Waals surface area contributed by atoms with Crippen LogP contribution in [0, 0.1) is 17.0 Å². The first-order valence-electron chi connectivity index (χ1n) is 6.14. The van der Waals surface area contributed by atoms with Gasteiger partial charge in [-0.3, -0.25) is 19.7 Å². The number of nitro groups is 1. The number of nitrogens with zero attached hydrogens (tertiary/aromatic N) is 1. The molecule has 0 spiro atoms. The summed E-state index contributed by atoms with van der Waals surface area (Å²) in [6.45, 7) is 3.77. The summed E-state index contributed by atoms with van der Waals surface area (Å²) in [6.07, 6.45) is 0.0270. The van der Waals surface area contributed by atoms with Gasteiger partial charge in [-0.1, -0.05) is 6.07 Å². The number of nitrogens with one attached hydrogen (secondary N) is 1. The van der Waals surface area contributed by atoms with E-state index < -0.39 is 16.8 Å². The number of esters is 1. The Morgan fingerprint density at radius 1 is 1.40 bits per heavy atom. The molecular weight excluding hydrogens is 264 g/mol. The molecule has 108 valence electrons. The predicted octanol–water partition coefficient (Wildman–Crippen LogP) is 1.59. The number of benzene rings is 1. The molecule has 1 amide bonds. The van der Waals surface area contributed by atoms with Gasteiger partial charge in [0.25, 0.3) is 11.6 Å². The average molecular weight is 280 g/mol. The minimum atomic E-state index is -0.611. The fourth-order valence-electron chi connectivity index (χ4n) is 1.60. The molecule has 0 atom stereocenters. The van der Waals surface area contributed by atoms with Gasteiger partial charge in [0.2, 0.25) is 0 Å². The molecule has 0 aliphatic heterocycles. The Balaban J connectivity index is 2.70. The fraction of sp³-hybridized carbons (Fsp3) is 0.385. The van der Waals surface area contributed by atoms with Crippen molar-refractivity contribution in [2.24, 2.45) is 0 Å². The molecule has 0 fully saturated rings. The molecular formula is C13H16N2O5. The Kier molecular flexibility index (Phi) is 5.64. The van der Waals surface area contributed by atoms with E-state index in [9.17, 15) is 19.7 Å². The zero-order valence-electron chi connectivity index (χ0n) is 11.3. The number of carbonyl (C=O) groups excluding carboxylic acids is 2. The highest BCUT2D eigenvalue weighted by Gasteiger charge is 2.19. The Morgan fingerprint density at radius 3 is 2.70 bits per heavy atom. The maximum absolute atomic E-state index is 11.9. The molecule has 0 saturated heterocycles. The van der Waals surface area contributed by atoms with Gasteiger partial charge in [-0.15, -0.1) is 0 Å². The number of carbonyl (C=O) groups is 2. The van der Waals surface area contributed by atoms with Crippen LogP contribution in [0.1, 0.15) is 29.3 Å². The van der Waals surface area contributed by atoms with Gasteiger partial charge in [0.1, 0.15) is 5.56 Å². The van der Waals surface area contributed by atoms with Crippen LogP contribution >= 0.6 is 0 Å². The van der Waals surface area contributed by atoms with Crippen molar-refractivity contribution in [3.05, 3.63) is 39.4 Å². The third-order valence-electron chi connectivity index (χ3n) is 2.51. The maximum atomic E-state index is 11.9. The summed E-state index contributed by atoms with van der Waals surface area (Å²) in [7, 11) is 0. The first-order chi connectivity index (χ1) is 9.45. The number of rotatable bonds is 6. The summed E-state index contributed by atoms with van der Waals surface area (Å²) in [5.41, 5.74) is 0.467. The van der Waals surface area contributed by atoms with Gasteiger partial charge in [-0.05, 0) is 25.5 Å². The smallest absolute Gasteiger partial charge is 0.307 e. The molecule has 0 aromatic heterocycles. The summed E-state index contributed by atoms with van der Waals surface area (Å²) in [5, 5.41) is 13.3. The largest absolute Gasteiger partial charge is 0.466 e. The molecule has 1 N–H and O–H groups in total. The summed E-state index contributed by atoms with van der Waals surface area (Å²) in [5.74, 6) is -1.00. The van der Waals surface area contributed by atoms with Gasteiger partial charge in [0.05, 0.1) is 18.0 Å². The van der Waals surface area contributed by atoms with E-state index in [1.54, 1.807) is 19.9 Å². The summed E-state index contributed by atoms with van der Waals surface area (Å²) in [6, 6.07) is 4.29. The third kappa shape index (κ3) is 4.34. The highest BCUT2D eigenvalue weighted by molar-refractivity contribution is 5.98. The molecule has 20 heavy (non-hydrogen) atoms. The lowest BCUT2D eigenvalue weighted by Gasteiger charge is -2.06. The number of hydrogen-bond acceptors (Lipinski definition) is 5. The lowest BCUT2D eigenvalue weighted by Crippen LogP contribution is -2.27. The number of aryl methyl sites for hydroxylation is 1. The highest BCUT2D eigenvalue weighted by atomic mass is 16.6. The molecule has 0 aliphatic carbocycles. The molecule has 7 heteroatoms. The van der Waals surface area contributed by atoms with Crippen LogP contribution in [0.5, 0.6) is 0 Å². The van der Waals surface area contributed by atoms with E-state index in [1.807, 2.05) is 0 Å². The van der Waals surface area contributed by atoms with Gasteiger partial charge < -0.3 is 10.1 Å². The Bertz CT molecular complexity index is 527. The van der Waals surface area contributed by atoms with Gasteiger partial charge in [0.15, 0.2) is 0 Å². The van der Waals surface area contributed by atoms with Gasteiger partial charge >= 0.3 is 5.97 Å². The maximum Gasteiger partial charge on any atom is 0.307 e. The Labute approximate surface area is 116 Å². The van der Waals surface area contributed by atoms with Gasteiger partial charge in [-0.25, -0.2) is 0 Å². The van der Waals surface area contributed by atoms with Crippen molar-refractivity contribution < 1.29 is 19.2 Å². The zero-order chi connectivity index (χ0) is 15.1. The highest BCUT2D eigenvalue weighted by Crippen LogP contribution is 2.19. The van der Waals surface area contributed by atoms with Crippen LogP contribution in [-0.4, -0.2) is 30.0 Å². The molecule has 1 rings (SSSR count). The molecule has 0 heterocycles.